The molecule has 2 aromatic rings. The monoisotopic (exact) mass is 298 g/mol. The molecule has 1 atom stereocenters. The Hall–Kier alpha value is -2.13. The largest absolute Gasteiger partial charge is 0.504 e. The number of benzene rings is 1. The average molecular weight is 298 g/mol. The molecule has 0 aliphatic heterocycles. The van der Waals surface area contributed by atoms with Crippen molar-refractivity contribution in [1.29, 1.82) is 0 Å². The first-order chi connectivity index (χ1) is 10.5. The SMILES string of the molecule is CCOC(c1ccccc1)c1ccc(C(C)C)cc(=O)c1O. The molecule has 0 saturated carbocycles. The Kier molecular flexibility index (Phi) is 5.34. The maximum Gasteiger partial charge on any atom is 0.220 e. The van der Waals surface area contributed by atoms with Crippen LogP contribution in [0.2, 0.25) is 0 Å². The Morgan fingerprint density at radius 3 is 2.32 bits per heavy atom. The molecule has 1 unspecified atom stereocenters. The molecule has 22 heavy (non-hydrogen) atoms. The van der Waals surface area contributed by atoms with Crippen LogP contribution in [0.3, 0.4) is 0 Å². The molecule has 0 amide bonds. The molecule has 0 fully saturated rings. The van der Waals surface area contributed by atoms with Crippen LogP contribution in [0.1, 0.15) is 49.5 Å². The summed E-state index contributed by atoms with van der Waals surface area (Å²) in [5.41, 5.74) is 1.94. The first-order valence-corrected chi connectivity index (χ1v) is 7.58. The van der Waals surface area contributed by atoms with Gasteiger partial charge in [-0.15, -0.1) is 0 Å². The van der Waals surface area contributed by atoms with Gasteiger partial charge in [0.05, 0.1) is 0 Å². The Morgan fingerprint density at radius 2 is 1.73 bits per heavy atom. The highest BCUT2D eigenvalue weighted by Crippen LogP contribution is 2.30. The predicted octanol–water partition coefficient (Wildman–Crippen LogP) is 4.00. The smallest absolute Gasteiger partial charge is 0.220 e. The molecule has 0 heterocycles. The molecule has 0 aliphatic carbocycles. The molecule has 116 valence electrons. The summed E-state index contributed by atoms with van der Waals surface area (Å²) < 4.78 is 5.79. The molecule has 3 nitrogen and oxygen atoms in total. The van der Waals surface area contributed by atoms with Gasteiger partial charge in [0.25, 0.3) is 0 Å². The summed E-state index contributed by atoms with van der Waals surface area (Å²) in [7, 11) is 0. The van der Waals surface area contributed by atoms with Crippen molar-refractivity contribution in [2.75, 3.05) is 6.61 Å². The lowest BCUT2D eigenvalue weighted by molar-refractivity contribution is 0.0895. The lowest BCUT2D eigenvalue weighted by Gasteiger charge is -2.17. The molecular formula is C19H22O3. The number of aromatic hydroxyl groups is 1. The van der Waals surface area contributed by atoms with Crippen molar-refractivity contribution >= 4 is 0 Å². The summed E-state index contributed by atoms with van der Waals surface area (Å²) in [4.78, 5) is 12.2. The van der Waals surface area contributed by atoms with Crippen LogP contribution in [0.4, 0.5) is 0 Å². The van der Waals surface area contributed by atoms with E-state index in [2.05, 4.69) is 0 Å². The van der Waals surface area contributed by atoms with Crippen LogP contribution < -0.4 is 5.43 Å². The molecule has 0 bridgehead atoms. The van der Waals surface area contributed by atoms with E-state index in [1.165, 1.54) is 6.07 Å². The molecular weight excluding hydrogens is 276 g/mol. The van der Waals surface area contributed by atoms with E-state index in [-0.39, 0.29) is 17.1 Å². The first-order valence-electron chi connectivity index (χ1n) is 7.58. The van der Waals surface area contributed by atoms with Crippen molar-refractivity contribution < 1.29 is 9.84 Å². The number of ether oxygens (including phenoxy) is 1. The van der Waals surface area contributed by atoms with Crippen LogP contribution in [0.25, 0.3) is 0 Å². The molecule has 0 aromatic heterocycles. The van der Waals surface area contributed by atoms with Crippen LogP contribution in [-0.2, 0) is 4.74 Å². The first kappa shape index (κ1) is 16.2. The standard InChI is InChI=1S/C19H22O3/c1-4-22-19(14-8-6-5-7-9-14)16-11-10-15(13(2)3)12-17(20)18(16)21/h5-13,19H,4H2,1-3H3,(H,20,21). The summed E-state index contributed by atoms with van der Waals surface area (Å²) in [5, 5.41) is 10.3. The average Bonchev–Trinajstić information content (AvgIpc) is 2.66. The minimum atomic E-state index is -0.452. The number of rotatable bonds is 5. The Balaban J connectivity index is 2.60. The van der Waals surface area contributed by atoms with Gasteiger partial charge in [-0.1, -0.05) is 56.3 Å². The summed E-state index contributed by atoms with van der Waals surface area (Å²) in [6.07, 6.45) is -0.452. The van der Waals surface area contributed by atoms with Crippen LogP contribution in [0.15, 0.2) is 53.3 Å². The highest BCUT2D eigenvalue weighted by Gasteiger charge is 2.19. The van der Waals surface area contributed by atoms with Gasteiger partial charge in [0, 0.05) is 12.2 Å². The number of hydrogen-bond donors (Lipinski definition) is 1. The molecule has 0 aliphatic rings. The second-order valence-electron chi connectivity index (χ2n) is 5.55. The number of hydrogen-bond acceptors (Lipinski definition) is 3. The lowest BCUT2D eigenvalue weighted by Crippen LogP contribution is -2.08. The van der Waals surface area contributed by atoms with E-state index in [0.717, 1.165) is 11.1 Å². The van der Waals surface area contributed by atoms with Crippen molar-refractivity contribution in [3.63, 3.8) is 0 Å². The van der Waals surface area contributed by atoms with Crippen LogP contribution in [0.5, 0.6) is 5.75 Å². The molecule has 1 N–H and O–H groups in total. The Morgan fingerprint density at radius 1 is 1.05 bits per heavy atom. The second kappa shape index (κ2) is 7.23. The Bertz CT molecular complexity index is 678. The molecule has 0 saturated heterocycles. The normalized spacial score (nSPS) is 12.4. The van der Waals surface area contributed by atoms with E-state index < -0.39 is 6.10 Å². The zero-order valence-corrected chi connectivity index (χ0v) is 13.2. The molecule has 2 aromatic carbocycles. The van der Waals surface area contributed by atoms with Gasteiger partial charge in [0.2, 0.25) is 5.43 Å². The second-order valence-corrected chi connectivity index (χ2v) is 5.55. The van der Waals surface area contributed by atoms with Gasteiger partial charge < -0.3 is 9.84 Å². The summed E-state index contributed by atoms with van der Waals surface area (Å²) in [5.74, 6) is -0.0242. The fourth-order valence-corrected chi connectivity index (χ4v) is 2.41. The third-order valence-corrected chi connectivity index (χ3v) is 3.64. The van der Waals surface area contributed by atoms with Crippen molar-refractivity contribution in [3.05, 3.63) is 75.4 Å². The van der Waals surface area contributed by atoms with Gasteiger partial charge in [-0.2, -0.15) is 0 Å². The van der Waals surface area contributed by atoms with Gasteiger partial charge in [0.1, 0.15) is 6.10 Å². The van der Waals surface area contributed by atoms with Gasteiger partial charge in [0.15, 0.2) is 5.75 Å². The molecule has 0 spiro atoms. The maximum atomic E-state index is 12.2. The highest BCUT2D eigenvalue weighted by molar-refractivity contribution is 5.40. The minimum absolute atomic E-state index is 0.217. The third kappa shape index (κ3) is 3.55. The van der Waals surface area contributed by atoms with E-state index in [1.807, 2.05) is 57.2 Å². The van der Waals surface area contributed by atoms with Crippen LogP contribution in [0, 0.1) is 0 Å². The van der Waals surface area contributed by atoms with E-state index >= 15 is 0 Å². The minimum Gasteiger partial charge on any atom is -0.504 e. The zero-order chi connectivity index (χ0) is 16.1. The van der Waals surface area contributed by atoms with Gasteiger partial charge in [-0.25, -0.2) is 0 Å². The maximum absolute atomic E-state index is 12.2. The van der Waals surface area contributed by atoms with Gasteiger partial charge in [-0.3, -0.25) is 4.79 Å². The van der Waals surface area contributed by atoms with Crippen molar-refractivity contribution in [2.45, 2.75) is 32.8 Å². The third-order valence-electron chi connectivity index (χ3n) is 3.64. The van der Waals surface area contributed by atoms with Gasteiger partial charge in [-0.05, 0) is 30.0 Å². The van der Waals surface area contributed by atoms with E-state index in [9.17, 15) is 9.90 Å². The topological polar surface area (TPSA) is 46.5 Å². The summed E-state index contributed by atoms with van der Waals surface area (Å²) in [6, 6.07) is 14.8. The zero-order valence-electron chi connectivity index (χ0n) is 13.2. The van der Waals surface area contributed by atoms with E-state index in [0.29, 0.717) is 12.2 Å². The van der Waals surface area contributed by atoms with Crippen molar-refractivity contribution in [2.24, 2.45) is 0 Å². The van der Waals surface area contributed by atoms with Crippen LogP contribution in [-0.4, -0.2) is 11.7 Å². The molecule has 3 heteroatoms. The summed E-state index contributed by atoms with van der Waals surface area (Å²) in [6.45, 7) is 6.42. The fraction of sp³-hybridized carbons (Fsp3) is 0.316. The van der Waals surface area contributed by atoms with E-state index in [1.54, 1.807) is 6.07 Å². The fourth-order valence-electron chi connectivity index (χ4n) is 2.41. The quantitative estimate of drug-likeness (QED) is 0.907. The Labute approximate surface area is 131 Å². The lowest BCUT2D eigenvalue weighted by atomic mass is 10.0. The highest BCUT2D eigenvalue weighted by atomic mass is 16.5. The molecule has 2 rings (SSSR count). The van der Waals surface area contributed by atoms with Crippen LogP contribution >= 0.6 is 0 Å². The summed E-state index contributed by atoms with van der Waals surface area (Å²) >= 11 is 0. The van der Waals surface area contributed by atoms with Crippen molar-refractivity contribution in [1.82, 2.24) is 0 Å². The predicted molar refractivity (Wildman–Crippen MR) is 88.4 cm³/mol. The molecule has 0 radical (unpaired) electrons. The van der Waals surface area contributed by atoms with E-state index in [4.69, 9.17) is 4.74 Å². The van der Waals surface area contributed by atoms with Crippen molar-refractivity contribution in [3.8, 4) is 5.75 Å². The van der Waals surface area contributed by atoms with Gasteiger partial charge >= 0.3 is 0 Å².